The van der Waals surface area contributed by atoms with Gasteiger partial charge < -0.3 is 0 Å². The molecular weight excluding hydrogens is 226 g/mol. The Morgan fingerprint density at radius 3 is 2.94 bits per heavy atom. The molecule has 2 rings (SSSR count). The summed E-state index contributed by atoms with van der Waals surface area (Å²) in [5.41, 5.74) is 1.39. The van der Waals surface area contributed by atoms with Gasteiger partial charge in [-0.3, -0.25) is 9.36 Å². The molecule has 0 saturated heterocycles. The fraction of sp³-hybridized carbons (Fsp3) is 0.182. The Morgan fingerprint density at radius 1 is 1.50 bits per heavy atom. The Labute approximate surface area is 97.1 Å². The van der Waals surface area contributed by atoms with Crippen molar-refractivity contribution < 1.29 is 4.79 Å². The van der Waals surface area contributed by atoms with Gasteiger partial charge in [0, 0.05) is 0 Å². The second-order valence-corrected chi connectivity index (χ2v) is 3.48. The average molecular weight is 234 g/mol. The highest BCUT2D eigenvalue weighted by molar-refractivity contribution is 6.28. The van der Waals surface area contributed by atoms with Gasteiger partial charge in [-0.15, -0.1) is 11.6 Å². The number of nitrogens with zero attached hydrogens (tertiary/aromatic N) is 3. The molecule has 0 spiro atoms. The third-order valence-corrected chi connectivity index (χ3v) is 2.46. The Balaban J connectivity index is 2.70. The third kappa shape index (κ3) is 1.66. The van der Waals surface area contributed by atoms with Crippen molar-refractivity contribution in [2.45, 2.75) is 6.42 Å². The van der Waals surface area contributed by atoms with E-state index in [9.17, 15) is 4.79 Å². The fourth-order valence-corrected chi connectivity index (χ4v) is 1.72. The van der Waals surface area contributed by atoms with Crippen LogP contribution in [0.3, 0.4) is 0 Å². The quantitative estimate of drug-likeness (QED) is 0.746. The van der Waals surface area contributed by atoms with E-state index in [0.29, 0.717) is 16.9 Å². The van der Waals surface area contributed by atoms with Gasteiger partial charge in [0.15, 0.2) is 0 Å². The van der Waals surface area contributed by atoms with E-state index in [0.717, 1.165) is 0 Å². The largest absolute Gasteiger partial charge is 0.273 e. The maximum Gasteiger partial charge on any atom is 0.247 e. The van der Waals surface area contributed by atoms with Gasteiger partial charge in [0.25, 0.3) is 0 Å². The van der Waals surface area contributed by atoms with Gasteiger partial charge in [-0.05, 0) is 12.1 Å². The van der Waals surface area contributed by atoms with E-state index in [1.807, 2.05) is 18.2 Å². The van der Waals surface area contributed by atoms with Crippen LogP contribution in [0.2, 0.25) is 0 Å². The van der Waals surface area contributed by atoms with E-state index >= 15 is 0 Å². The Bertz CT molecular complexity index is 582. The van der Waals surface area contributed by atoms with E-state index in [4.69, 9.17) is 16.9 Å². The number of carbonyl (C=O) groups excluding carboxylic acids is 1. The van der Waals surface area contributed by atoms with Gasteiger partial charge in [0.05, 0.1) is 23.5 Å². The number of halogens is 1. The van der Waals surface area contributed by atoms with Crippen LogP contribution < -0.4 is 0 Å². The zero-order valence-corrected chi connectivity index (χ0v) is 9.11. The van der Waals surface area contributed by atoms with Crippen LogP contribution in [0.1, 0.15) is 10.6 Å². The molecule has 0 unspecified atom stereocenters. The SMILES string of the molecule is N#CCc1nc2ccccc2n1C(=O)CCl. The number of fused-ring (bicyclic) bond motifs is 1. The van der Waals surface area contributed by atoms with E-state index < -0.39 is 0 Å². The maximum atomic E-state index is 11.7. The molecule has 5 heteroatoms. The molecule has 2 aromatic rings. The average Bonchev–Trinajstić information content (AvgIpc) is 2.66. The van der Waals surface area contributed by atoms with Crippen molar-refractivity contribution in [2.24, 2.45) is 0 Å². The van der Waals surface area contributed by atoms with E-state index in [1.165, 1.54) is 4.57 Å². The molecule has 0 N–H and O–H groups in total. The van der Waals surface area contributed by atoms with Crippen LogP contribution in [0.25, 0.3) is 11.0 Å². The van der Waals surface area contributed by atoms with Crippen LogP contribution in [-0.2, 0) is 6.42 Å². The summed E-state index contributed by atoms with van der Waals surface area (Å²) in [5, 5.41) is 8.68. The number of hydrogen-bond donors (Lipinski definition) is 0. The van der Waals surface area contributed by atoms with Gasteiger partial charge >= 0.3 is 0 Å². The maximum absolute atomic E-state index is 11.7. The lowest BCUT2D eigenvalue weighted by atomic mass is 10.3. The second-order valence-electron chi connectivity index (χ2n) is 3.21. The molecule has 0 amide bonds. The van der Waals surface area contributed by atoms with Crippen LogP contribution in [-0.4, -0.2) is 21.3 Å². The van der Waals surface area contributed by atoms with Crippen LogP contribution >= 0.6 is 11.6 Å². The van der Waals surface area contributed by atoms with Gasteiger partial charge in [-0.25, -0.2) is 4.98 Å². The first-order chi connectivity index (χ1) is 7.77. The van der Waals surface area contributed by atoms with Crippen molar-refractivity contribution in [2.75, 3.05) is 5.88 Å². The molecule has 16 heavy (non-hydrogen) atoms. The number of nitriles is 1. The predicted molar refractivity (Wildman–Crippen MR) is 60.4 cm³/mol. The molecule has 1 aromatic heterocycles. The lowest BCUT2D eigenvalue weighted by Crippen LogP contribution is -2.15. The molecule has 0 aliphatic rings. The number of rotatable bonds is 2. The van der Waals surface area contributed by atoms with Crippen LogP contribution in [0, 0.1) is 11.3 Å². The fourth-order valence-electron chi connectivity index (χ4n) is 1.60. The summed E-state index contributed by atoms with van der Waals surface area (Å²) in [6.45, 7) is 0. The zero-order chi connectivity index (χ0) is 11.5. The number of alkyl halides is 1. The standard InChI is InChI=1S/C11H8ClN3O/c12-7-11(16)15-9-4-2-1-3-8(9)14-10(15)5-6-13/h1-4H,5,7H2. The number of hydrogen-bond acceptors (Lipinski definition) is 3. The predicted octanol–water partition coefficient (Wildman–Crippen LogP) is 1.98. The molecule has 1 heterocycles. The molecule has 0 atom stereocenters. The van der Waals surface area contributed by atoms with Crippen molar-refractivity contribution >= 4 is 28.5 Å². The van der Waals surface area contributed by atoms with Crippen LogP contribution in [0.15, 0.2) is 24.3 Å². The topological polar surface area (TPSA) is 58.7 Å². The summed E-state index contributed by atoms with van der Waals surface area (Å²) in [7, 11) is 0. The highest BCUT2D eigenvalue weighted by Crippen LogP contribution is 2.16. The summed E-state index contributed by atoms with van der Waals surface area (Å²) < 4.78 is 1.41. The molecule has 4 nitrogen and oxygen atoms in total. The van der Waals surface area contributed by atoms with Crippen molar-refractivity contribution in [3.05, 3.63) is 30.1 Å². The summed E-state index contributed by atoms with van der Waals surface area (Å²) in [4.78, 5) is 15.9. The molecular formula is C11H8ClN3O. The Morgan fingerprint density at radius 2 is 2.25 bits per heavy atom. The first-order valence-corrected chi connectivity index (χ1v) is 5.24. The molecule has 0 aliphatic heterocycles. The van der Waals surface area contributed by atoms with E-state index in [1.54, 1.807) is 12.1 Å². The summed E-state index contributed by atoms with van der Waals surface area (Å²) in [5.74, 6) is 0.0497. The Kier molecular flexibility index (Phi) is 2.88. The molecule has 0 aliphatic carbocycles. The minimum atomic E-state index is -0.263. The van der Waals surface area contributed by atoms with Crippen molar-refractivity contribution in [1.29, 1.82) is 5.26 Å². The number of aromatic nitrogens is 2. The third-order valence-electron chi connectivity index (χ3n) is 2.23. The van der Waals surface area contributed by atoms with E-state index in [2.05, 4.69) is 4.98 Å². The lowest BCUT2D eigenvalue weighted by Gasteiger charge is -2.02. The zero-order valence-electron chi connectivity index (χ0n) is 8.35. The second kappa shape index (κ2) is 4.33. The number of carbonyl (C=O) groups is 1. The van der Waals surface area contributed by atoms with Crippen molar-refractivity contribution in [1.82, 2.24) is 9.55 Å². The molecule has 0 bridgehead atoms. The normalized spacial score (nSPS) is 10.2. The van der Waals surface area contributed by atoms with Gasteiger partial charge in [0.2, 0.25) is 5.91 Å². The van der Waals surface area contributed by atoms with E-state index in [-0.39, 0.29) is 18.2 Å². The van der Waals surface area contributed by atoms with Crippen LogP contribution in [0.5, 0.6) is 0 Å². The summed E-state index contributed by atoms with van der Waals surface area (Å²) >= 11 is 5.53. The first kappa shape index (κ1) is 10.7. The highest BCUT2D eigenvalue weighted by Gasteiger charge is 2.14. The lowest BCUT2D eigenvalue weighted by molar-refractivity contribution is 0.0942. The van der Waals surface area contributed by atoms with Gasteiger partial charge in [-0.2, -0.15) is 5.26 Å². The molecule has 0 saturated carbocycles. The number of imidazole rings is 1. The molecule has 1 aromatic carbocycles. The summed E-state index contributed by atoms with van der Waals surface area (Å²) in [6, 6.07) is 9.22. The molecule has 80 valence electrons. The monoisotopic (exact) mass is 233 g/mol. The minimum absolute atomic E-state index is 0.0946. The van der Waals surface area contributed by atoms with Crippen molar-refractivity contribution in [3.8, 4) is 6.07 Å². The number of benzene rings is 1. The minimum Gasteiger partial charge on any atom is -0.273 e. The number of para-hydroxylation sites is 2. The van der Waals surface area contributed by atoms with Crippen LogP contribution in [0.4, 0.5) is 0 Å². The Hall–Kier alpha value is -1.86. The van der Waals surface area contributed by atoms with Gasteiger partial charge in [0.1, 0.15) is 11.7 Å². The molecule has 0 fully saturated rings. The van der Waals surface area contributed by atoms with Crippen molar-refractivity contribution in [3.63, 3.8) is 0 Å². The smallest absolute Gasteiger partial charge is 0.247 e. The first-order valence-electron chi connectivity index (χ1n) is 4.70. The summed E-state index contributed by atoms with van der Waals surface area (Å²) in [6.07, 6.45) is 0.0946. The van der Waals surface area contributed by atoms with Gasteiger partial charge in [-0.1, -0.05) is 12.1 Å². The molecule has 0 radical (unpaired) electrons. The highest BCUT2D eigenvalue weighted by atomic mass is 35.5.